The van der Waals surface area contributed by atoms with Gasteiger partial charge in [0, 0.05) is 12.3 Å². The molecule has 1 aliphatic rings. The van der Waals surface area contributed by atoms with Crippen LogP contribution < -0.4 is 5.32 Å². The van der Waals surface area contributed by atoms with Gasteiger partial charge in [-0.05, 0) is 43.4 Å². The van der Waals surface area contributed by atoms with E-state index in [0.717, 1.165) is 18.4 Å². The number of methoxy groups -OCH3 is 1. The van der Waals surface area contributed by atoms with Crippen molar-refractivity contribution in [3.63, 3.8) is 0 Å². The summed E-state index contributed by atoms with van der Waals surface area (Å²) in [5, 5.41) is 2.80. The maximum Gasteiger partial charge on any atom is 0.328 e. The van der Waals surface area contributed by atoms with Crippen LogP contribution in [0.25, 0.3) is 0 Å². The number of hydrogen-bond acceptors (Lipinski definition) is 3. The molecule has 1 saturated carbocycles. The minimum Gasteiger partial charge on any atom is -0.467 e. The molecular formula is C16H21NO3. The molecule has 20 heavy (non-hydrogen) atoms. The largest absolute Gasteiger partial charge is 0.467 e. The predicted octanol–water partition coefficient (Wildman–Crippen LogP) is 1.91. The fraction of sp³-hybridized carbons (Fsp3) is 0.500. The van der Waals surface area contributed by atoms with Gasteiger partial charge < -0.3 is 10.1 Å². The van der Waals surface area contributed by atoms with Crippen LogP contribution in [0.4, 0.5) is 0 Å². The van der Waals surface area contributed by atoms with Crippen molar-refractivity contribution in [2.24, 2.45) is 5.92 Å². The average molecular weight is 275 g/mol. The maximum absolute atomic E-state index is 11.8. The highest BCUT2D eigenvalue weighted by atomic mass is 16.5. The molecule has 2 rings (SSSR count). The first-order valence-corrected chi connectivity index (χ1v) is 6.95. The molecule has 1 aliphatic carbocycles. The Labute approximate surface area is 119 Å². The molecule has 4 nitrogen and oxygen atoms in total. The van der Waals surface area contributed by atoms with Crippen molar-refractivity contribution in [1.82, 2.24) is 5.32 Å². The van der Waals surface area contributed by atoms with Gasteiger partial charge in [-0.1, -0.05) is 18.2 Å². The molecule has 1 aromatic carbocycles. The number of carbonyl (C=O) groups is 2. The van der Waals surface area contributed by atoms with E-state index in [1.165, 1.54) is 18.2 Å². The molecule has 0 aromatic heterocycles. The summed E-state index contributed by atoms with van der Waals surface area (Å²) in [6.45, 7) is 4.08. The van der Waals surface area contributed by atoms with Gasteiger partial charge in [-0.25, -0.2) is 4.79 Å². The Kier molecular flexibility index (Phi) is 4.42. The Morgan fingerprint density at radius 2 is 2.00 bits per heavy atom. The highest BCUT2D eigenvalue weighted by molar-refractivity contribution is 5.87. The molecule has 1 N–H and O–H groups in total. The Bertz CT molecular complexity index is 520. The summed E-state index contributed by atoms with van der Waals surface area (Å²) in [5.74, 6) is -0.344. The Morgan fingerprint density at radius 3 is 2.55 bits per heavy atom. The zero-order valence-corrected chi connectivity index (χ0v) is 12.2. The molecule has 0 spiro atoms. The van der Waals surface area contributed by atoms with Crippen molar-refractivity contribution in [2.75, 3.05) is 7.11 Å². The van der Waals surface area contributed by atoms with Crippen LogP contribution in [0.1, 0.15) is 29.5 Å². The highest BCUT2D eigenvalue weighted by Gasteiger charge is 2.32. The third-order valence-corrected chi connectivity index (χ3v) is 3.76. The van der Waals surface area contributed by atoms with Crippen LogP contribution in [0, 0.1) is 19.8 Å². The van der Waals surface area contributed by atoms with Gasteiger partial charge in [0.2, 0.25) is 5.91 Å². The third kappa shape index (κ3) is 3.59. The van der Waals surface area contributed by atoms with Gasteiger partial charge in [-0.3, -0.25) is 4.79 Å². The summed E-state index contributed by atoms with van der Waals surface area (Å²) >= 11 is 0. The number of rotatable bonds is 5. The zero-order chi connectivity index (χ0) is 14.7. The number of hydrogen-bond donors (Lipinski definition) is 1. The molecule has 0 unspecified atom stereocenters. The first kappa shape index (κ1) is 14.6. The number of aryl methyl sites for hydroxylation is 2. The minimum atomic E-state index is -0.602. The molecule has 4 heteroatoms. The van der Waals surface area contributed by atoms with Crippen molar-refractivity contribution < 1.29 is 14.3 Å². The molecule has 108 valence electrons. The van der Waals surface area contributed by atoms with E-state index in [4.69, 9.17) is 4.74 Å². The normalized spacial score (nSPS) is 15.6. The highest BCUT2D eigenvalue weighted by Crippen LogP contribution is 2.29. The van der Waals surface area contributed by atoms with Crippen LogP contribution in [-0.2, 0) is 20.7 Å². The monoisotopic (exact) mass is 275 g/mol. The summed E-state index contributed by atoms with van der Waals surface area (Å²) in [5.41, 5.74) is 3.42. The molecule has 0 bridgehead atoms. The Balaban J connectivity index is 2.07. The SMILES string of the molecule is COC(=O)[C@H](Cc1ccc(C)c(C)c1)NC(=O)C1CC1. The van der Waals surface area contributed by atoms with Crippen molar-refractivity contribution in [2.45, 2.75) is 39.2 Å². The van der Waals surface area contributed by atoms with Gasteiger partial charge in [0.1, 0.15) is 6.04 Å². The van der Waals surface area contributed by atoms with Gasteiger partial charge in [0.25, 0.3) is 0 Å². The van der Waals surface area contributed by atoms with Crippen LogP contribution in [0.3, 0.4) is 0 Å². The van der Waals surface area contributed by atoms with Gasteiger partial charge in [-0.2, -0.15) is 0 Å². The predicted molar refractivity (Wildman–Crippen MR) is 76.3 cm³/mol. The number of nitrogens with one attached hydrogen (secondary N) is 1. The lowest BCUT2D eigenvalue weighted by atomic mass is 10.0. The van der Waals surface area contributed by atoms with Crippen LogP contribution in [0.15, 0.2) is 18.2 Å². The van der Waals surface area contributed by atoms with E-state index in [2.05, 4.69) is 11.4 Å². The number of amides is 1. The first-order chi connectivity index (χ1) is 9.51. The molecule has 0 heterocycles. The van der Waals surface area contributed by atoms with E-state index >= 15 is 0 Å². The fourth-order valence-corrected chi connectivity index (χ4v) is 2.14. The summed E-state index contributed by atoms with van der Waals surface area (Å²) in [4.78, 5) is 23.6. The number of esters is 1. The van der Waals surface area contributed by atoms with Crippen molar-refractivity contribution in [3.8, 4) is 0 Å². The lowest BCUT2D eigenvalue weighted by molar-refractivity contribution is -0.145. The molecule has 1 amide bonds. The summed E-state index contributed by atoms with van der Waals surface area (Å²) in [7, 11) is 1.35. The quantitative estimate of drug-likeness (QED) is 0.835. The molecule has 1 fully saturated rings. The molecular weight excluding hydrogens is 254 g/mol. The summed E-state index contributed by atoms with van der Waals surface area (Å²) in [6.07, 6.45) is 2.30. The van der Waals surface area contributed by atoms with Crippen molar-refractivity contribution >= 4 is 11.9 Å². The van der Waals surface area contributed by atoms with Gasteiger partial charge in [0.15, 0.2) is 0 Å². The van der Waals surface area contributed by atoms with E-state index in [9.17, 15) is 9.59 Å². The topological polar surface area (TPSA) is 55.4 Å². The van der Waals surface area contributed by atoms with E-state index < -0.39 is 12.0 Å². The van der Waals surface area contributed by atoms with Gasteiger partial charge >= 0.3 is 5.97 Å². The first-order valence-electron chi connectivity index (χ1n) is 6.95. The number of carbonyl (C=O) groups excluding carboxylic acids is 2. The van der Waals surface area contributed by atoms with Gasteiger partial charge in [0.05, 0.1) is 7.11 Å². The lowest BCUT2D eigenvalue weighted by Crippen LogP contribution is -2.43. The van der Waals surface area contributed by atoms with E-state index in [1.807, 2.05) is 26.0 Å². The van der Waals surface area contributed by atoms with Crippen LogP contribution in [-0.4, -0.2) is 25.0 Å². The van der Waals surface area contributed by atoms with E-state index in [-0.39, 0.29) is 11.8 Å². The van der Waals surface area contributed by atoms with Crippen molar-refractivity contribution in [1.29, 1.82) is 0 Å². The van der Waals surface area contributed by atoms with Gasteiger partial charge in [-0.15, -0.1) is 0 Å². The smallest absolute Gasteiger partial charge is 0.328 e. The van der Waals surface area contributed by atoms with E-state index in [1.54, 1.807) is 0 Å². The molecule has 1 atom stereocenters. The van der Waals surface area contributed by atoms with Crippen LogP contribution >= 0.6 is 0 Å². The standard InChI is InChI=1S/C16H21NO3/c1-10-4-5-12(8-11(10)2)9-14(16(19)20-3)17-15(18)13-6-7-13/h4-5,8,13-14H,6-7,9H2,1-3H3,(H,17,18)/t14-/m0/s1. The summed E-state index contributed by atoms with van der Waals surface area (Å²) in [6, 6.07) is 5.47. The lowest BCUT2D eigenvalue weighted by Gasteiger charge is -2.17. The van der Waals surface area contributed by atoms with Crippen molar-refractivity contribution in [3.05, 3.63) is 34.9 Å². The second kappa shape index (κ2) is 6.07. The third-order valence-electron chi connectivity index (χ3n) is 3.76. The molecule has 0 radical (unpaired) electrons. The van der Waals surface area contributed by atoms with Crippen LogP contribution in [0.5, 0.6) is 0 Å². The fourth-order valence-electron chi connectivity index (χ4n) is 2.14. The molecule has 0 saturated heterocycles. The average Bonchev–Trinajstić information content (AvgIpc) is 3.25. The molecule has 0 aliphatic heterocycles. The second-order valence-electron chi connectivity index (χ2n) is 5.48. The van der Waals surface area contributed by atoms with Crippen LogP contribution in [0.2, 0.25) is 0 Å². The second-order valence-corrected chi connectivity index (χ2v) is 5.48. The molecule has 1 aromatic rings. The summed E-state index contributed by atoms with van der Waals surface area (Å²) < 4.78 is 4.79. The Hall–Kier alpha value is -1.84. The number of benzene rings is 1. The minimum absolute atomic E-state index is 0.0377. The zero-order valence-electron chi connectivity index (χ0n) is 12.2. The van der Waals surface area contributed by atoms with E-state index in [0.29, 0.717) is 6.42 Å². The number of ether oxygens (including phenoxy) is 1. The Morgan fingerprint density at radius 1 is 1.30 bits per heavy atom. The maximum atomic E-state index is 11.8.